The molecule has 7 nitrogen and oxygen atoms in total. The maximum Gasteiger partial charge on any atom is 0.254 e. The van der Waals surface area contributed by atoms with Gasteiger partial charge in [0.05, 0.1) is 13.2 Å². The molecule has 1 aromatic carbocycles. The van der Waals surface area contributed by atoms with Crippen LogP contribution in [0.15, 0.2) is 36.9 Å². The number of aliphatic hydroxyl groups excluding tert-OH is 1. The summed E-state index contributed by atoms with van der Waals surface area (Å²) < 4.78 is 1.72. The van der Waals surface area contributed by atoms with Crippen LogP contribution in [0.1, 0.15) is 29.3 Å². The lowest BCUT2D eigenvalue weighted by atomic mass is 10.1. The Bertz CT molecular complexity index is 677. The minimum absolute atomic E-state index is 0.0624. The summed E-state index contributed by atoms with van der Waals surface area (Å²) in [5, 5.41) is 13.6. The molecule has 1 N–H and O–H groups in total. The van der Waals surface area contributed by atoms with Crippen LogP contribution in [0.4, 0.5) is 0 Å². The first-order chi connectivity index (χ1) is 12.2. The van der Waals surface area contributed by atoms with E-state index in [0.29, 0.717) is 19.6 Å². The maximum atomic E-state index is 13.0. The summed E-state index contributed by atoms with van der Waals surface area (Å²) in [4.78, 5) is 21.1. The van der Waals surface area contributed by atoms with E-state index in [9.17, 15) is 9.90 Å². The van der Waals surface area contributed by atoms with E-state index in [4.69, 9.17) is 0 Å². The summed E-state index contributed by atoms with van der Waals surface area (Å²) in [5.41, 5.74) is 1.67. The quantitative estimate of drug-likeness (QED) is 0.842. The van der Waals surface area contributed by atoms with E-state index < -0.39 is 0 Å². The first kappa shape index (κ1) is 17.6. The van der Waals surface area contributed by atoms with Crippen molar-refractivity contribution in [2.75, 3.05) is 32.8 Å². The minimum Gasteiger partial charge on any atom is -0.395 e. The van der Waals surface area contributed by atoms with Crippen molar-refractivity contribution in [2.45, 2.75) is 25.9 Å². The number of aliphatic hydroxyl groups is 1. The van der Waals surface area contributed by atoms with Crippen LogP contribution < -0.4 is 0 Å². The number of aromatic nitrogens is 3. The van der Waals surface area contributed by atoms with E-state index in [1.54, 1.807) is 11.0 Å². The molecule has 7 heteroatoms. The molecule has 1 fully saturated rings. The van der Waals surface area contributed by atoms with E-state index in [1.807, 2.05) is 29.2 Å². The topological polar surface area (TPSA) is 74.5 Å². The lowest BCUT2D eigenvalue weighted by Crippen LogP contribution is -2.52. The van der Waals surface area contributed by atoms with Gasteiger partial charge in [-0.2, -0.15) is 5.10 Å². The number of piperazine rings is 1. The fourth-order valence-electron chi connectivity index (χ4n) is 3.32. The predicted octanol–water partition coefficient (Wildman–Crippen LogP) is 0.855. The second-order valence-corrected chi connectivity index (χ2v) is 6.32. The van der Waals surface area contributed by atoms with Crippen LogP contribution in [0.5, 0.6) is 0 Å². The molecule has 1 atom stereocenters. The Labute approximate surface area is 147 Å². The van der Waals surface area contributed by atoms with Gasteiger partial charge < -0.3 is 10.0 Å². The number of carbonyl (C=O) groups excluding carboxylic acids is 1. The summed E-state index contributed by atoms with van der Waals surface area (Å²) in [6.07, 6.45) is 4.07. The largest absolute Gasteiger partial charge is 0.395 e. The molecule has 1 saturated heterocycles. The summed E-state index contributed by atoms with van der Waals surface area (Å²) in [7, 11) is 0. The van der Waals surface area contributed by atoms with Gasteiger partial charge in [0.1, 0.15) is 12.7 Å². The normalized spacial score (nSPS) is 16.8. The highest BCUT2D eigenvalue weighted by Crippen LogP contribution is 2.16. The maximum absolute atomic E-state index is 13.0. The summed E-state index contributed by atoms with van der Waals surface area (Å²) in [6, 6.07) is 7.87. The van der Waals surface area contributed by atoms with Gasteiger partial charge in [0, 0.05) is 37.8 Å². The molecular formula is C18H25N5O2. The minimum atomic E-state index is 0.0624. The average Bonchev–Trinajstić information content (AvgIpc) is 3.16. The van der Waals surface area contributed by atoms with Crippen molar-refractivity contribution < 1.29 is 9.90 Å². The second-order valence-electron chi connectivity index (χ2n) is 6.32. The molecule has 0 radical (unpaired) electrons. The van der Waals surface area contributed by atoms with Crippen LogP contribution in [0.2, 0.25) is 0 Å². The zero-order valence-electron chi connectivity index (χ0n) is 14.6. The van der Waals surface area contributed by atoms with Gasteiger partial charge in [-0.3, -0.25) is 9.69 Å². The highest BCUT2D eigenvalue weighted by molar-refractivity contribution is 5.95. The number of hydrogen-bond acceptors (Lipinski definition) is 5. The Morgan fingerprint density at radius 1 is 1.24 bits per heavy atom. The molecule has 1 aliphatic heterocycles. The smallest absolute Gasteiger partial charge is 0.254 e. The van der Waals surface area contributed by atoms with Gasteiger partial charge in [0.15, 0.2) is 0 Å². The number of nitrogens with zero attached hydrogens (tertiary/aromatic N) is 5. The van der Waals surface area contributed by atoms with Crippen LogP contribution in [-0.2, 0) is 6.54 Å². The molecule has 1 aromatic heterocycles. The summed E-state index contributed by atoms with van der Waals surface area (Å²) in [5.74, 6) is 0.0624. The lowest BCUT2D eigenvalue weighted by molar-refractivity contribution is 0.0471. The molecule has 1 aliphatic rings. The van der Waals surface area contributed by atoms with Crippen molar-refractivity contribution >= 4 is 5.91 Å². The highest BCUT2D eigenvalue weighted by atomic mass is 16.3. The Morgan fingerprint density at radius 3 is 2.64 bits per heavy atom. The van der Waals surface area contributed by atoms with Crippen LogP contribution in [0.25, 0.3) is 0 Å². The number of rotatable bonds is 6. The number of benzene rings is 1. The van der Waals surface area contributed by atoms with Gasteiger partial charge in [-0.05, 0) is 18.1 Å². The molecule has 1 amide bonds. The second kappa shape index (κ2) is 8.22. The van der Waals surface area contributed by atoms with Gasteiger partial charge in [-0.25, -0.2) is 9.67 Å². The van der Waals surface area contributed by atoms with E-state index in [2.05, 4.69) is 21.9 Å². The standard InChI is InChI=1S/C18H25N5O2/c1-2-16(12-24)21-7-9-22(10-8-21)18(25)17-6-4-3-5-15(17)11-23-14-19-13-20-23/h3-6,13-14,16,24H,2,7-12H2,1H3. The van der Waals surface area contributed by atoms with Crippen LogP contribution in [-0.4, -0.2) is 74.4 Å². The van der Waals surface area contributed by atoms with Crippen molar-refractivity contribution in [2.24, 2.45) is 0 Å². The average molecular weight is 343 g/mol. The molecule has 3 rings (SSSR count). The number of hydrogen-bond donors (Lipinski definition) is 1. The summed E-state index contributed by atoms with van der Waals surface area (Å²) in [6.45, 7) is 5.76. The van der Waals surface area contributed by atoms with E-state index >= 15 is 0 Å². The van der Waals surface area contributed by atoms with Crippen molar-refractivity contribution in [1.82, 2.24) is 24.6 Å². The highest BCUT2D eigenvalue weighted by Gasteiger charge is 2.26. The van der Waals surface area contributed by atoms with Gasteiger partial charge >= 0.3 is 0 Å². The first-order valence-electron chi connectivity index (χ1n) is 8.77. The lowest BCUT2D eigenvalue weighted by Gasteiger charge is -2.38. The van der Waals surface area contributed by atoms with Crippen molar-refractivity contribution in [3.63, 3.8) is 0 Å². The zero-order chi connectivity index (χ0) is 17.6. The third kappa shape index (κ3) is 4.05. The van der Waals surface area contributed by atoms with Crippen molar-refractivity contribution in [3.8, 4) is 0 Å². The molecule has 0 bridgehead atoms. The molecule has 1 unspecified atom stereocenters. The number of amides is 1. The molecule has 2 heterocycles. The molecule has 0 aliphatic carbocycles. The fraction of sp³-hybridized carbons (Fsp3) is 0.500. The van der Waals surface area contributed by atoms with Crippen LogP contribution in [0, 0.1) is 0 Å². The van der Waals surface area contributed by atoms with Crippen LogP contribution in [0.3, 0.4) is 0 Å². The summed E-state index contributed by atoms with van der Waals surface area (Å²) >= 11 is 0. The van der Waals surface area contributed by atoms with Crippen LogP contribution >= 0.6 is 0 Å². The Morgan fingerprint density at radius 2 is 2.00 bits per heavy atom. The van der Waals surface area contributed by atoms with E-state index in [-0.39, 0.29) is 18.6 Å². The Kier molecular flexibility index (Phi) is 5.78. The molecular weight excluding hydrogens is 318 g/mol. The SMILES string of the molecule is CCC(CO)N1CCN(C(=O)c2ccccc2Cn2cncn2)CC1. The first-order valence-corrected chi connectivity index (χ1v) is 8.77. The zero-order valence-corrected chi connectivity index (χ0v) is 14.6. The van der Waals surface area contributed by atoms with Gasteiger partial charge in [0.25, 0.3) is 5.91 Å². The van der Waals surface area contributed by atoms with Gasteiger partial charge in [-0.15, -0.1) is 0 Å². The van der Waals surface area contributed by atoms with Crippen molar-refractivity contribution in [3.05, 3.63) is 48.0 Å². The Balaban J connectivity index is 1.68. The molecule has 0 spiro atoms. The van der Waals surface area contributed by atoms with E-state index in [1.165, 1.54) is 6.33 Å². The molecule has 0 saturated carbocycles. The molecule has 25 heavy (non-hydrogen) atoms. The van der Waals surface area contributed by atoms with Crippen molar-refractivity contribution in [1.29, 1.82) is 0 Å². The Hall–Kier alpha value is -2.25. The third-order valence-electron chi connectivity index (χ3n) is 4.85. The molecule has 2 aromatic rings. The van der Waals surface area contributed by atoms with Gasteiger partial charge in [-0.1, -0.05) is 25.1 Å². The third-order valence-corrected chi connectivity index (χ3v) is 4.85. The predicted molar refractivity (Wildman–Crippen MR) is 94.2 cm³/mol. The fourth-order valence-corrected chi connectivity index (χ4v) is 3.32. The van der Waals surface area contributed by atoms with E-state index in [0.717, 1.165) is 30.6 Å². The monoisotopic (exact) mass is 343 g/mol. The van der Waals surface area contributed by atoms with Gasteiger partial charge in [0.2, 0.25) is 0 Å². The molecule has 134 valence electrons. The number of carbonyl (C=O) groups is 1.